The molecule has 0 bridgehead atoms. The number of hydrogen-bond donors (Lipinski definition) is 1. The van der Waals surface area contributed by atoms with Crippen LogP contribution in [0.1, 0.15) is 6.92 Å². The fraction of sp³-hybridized carbons (Fsp3) is 0.278. The predicted octanol–water partition coefficient (Wildman–Crippen LogP) is 4.06. The van der Waals surface area contributed by atoms with Gasteiger partial charge in [-0.1, -0.05) is 41.4 Å². The molecule has 146 valence electrons. The normalized spacial score (nSPS) is 12.4. The smallest absolute Gasteiger partial charge is 0.243 e. The highest BCUT2D eigenvalue weighted by Gasteiger charge is 2.29. The van der Waals surface area contributed by atoms with Gasteiger partial charge < -0.3 is 5.32 Å². The van der Waals surface area contributed by atoms with Crippen molar-refractivity contribution in [2.45, 2.75) is 17.9 Å². The maximum Gasteiger partial charge on any atom is 0.243 e. The third-order valence-corrected chi connectivity index (χ3v) is 6.65. The predicted molar refractivity (Wildman–Crippen MR) is 113 cm³/mol. The molecule has 0 aliphatic carbocycles. The van der Waals surface area contributed by atoms with Gasteiger partial charge in [0.15, 0.2) is 0 Å². The molecule has 2 rings (SSSR count). The number of benzene rings is 2. The van der Waals surface area contributed by atoms with Gasteiger partial charge in [-0.15, -0.1) is 11.8 Å². The lowest BCUT2D eigenvalue weighted by atomic mass is 10.2. The van der Waals surface area contributed by atoms with Crippen LogP contribution in [0.15, 0.2) is 53.4 Å². The number of thioether (sulfide) groups is 1. The van der Waals surface area contributed by atoms with Gasteiger partial charge in [0.1, 0.15) is 6.04 Å². The van der Waals surface area contributed by atoms with E-state index in [-0.39, 0.29) is 16.6 Å². The van der Waals surface area contributed by atoms with Crippen LogP contribution in [0.2, 0.25) is 10.0 Å². The second-order valence-corrected chi connectivity index (χ2v) is 9.63. The van der Waals surface area contributed by atoms with Crippen molar-refractivity contribution in [1.82, 2.24) is 5.32 Å². The molecule has 0 unspecified atom stereocenters. The molecule has 9 heteroatoms. The van der Waals surface area contributed by atoms with E-state index in [1.165, 1.54) is 25.1 Å². The fourth-order valence-corrected chi connectivity index (χ4v) is 4.69. The van der Waals surface area contributed by atoms with E-state index in [2.05, 4.69) is 5.32 Å². The molecule has 2 aromatic carbocycles. The first-order valence-electron chi connectivity index (χ1n) is 8.10. The van der Waals surface area contributed by atoms with Crippen LogP contribution < -0.4 is 9.62 Å². The molecular formula is C18H20Cl2N2O3S2. The number of carbonyl (C=O) groups excluding carboxylic acids is 1. The summed E-state index contributed by atoms with van der Waals surface area (Å²) in [4.78, 5) is 13.6. The lowest BCUT2D eigenvalue weighted by Gasteiger charge is -2.28. The molecule has 0 aromatic heterocycles. The quantitative estimate of drug-likeness (QED) is 0.490. The SMILES string of the molecule is C[C@H](C(=O)NCCSc1ccccc1)N(c1ccc(Cl)c(Cl)c1)S(C)(=O)=O. The Labute approximate surface area is 174 Å². The minimum absolute atomic E-state index is 0.217. The molecule has 0 heterocycles. The number of sulfonamides is 1. The minimum Gasteiger partial charge on any atom is -0.353 e. The number of nitrogens with one attached hydrogen (secondary N) is 1. The van der Waals surface area contributed by atoms with Crippen LogP contribution in [-0.4, -0.2) is 38.9 Å². The van der Waals surface area contributed by atoms with E-state index < -0.39 is 16.1 Å². The number of halogens is 2. The van der Waals surface area contributed by atoms with E-state index in [0.717, 1.165) is 15.5 Å². The summed E-state index contributed by atoms with van der Waals surface area (Å²) in [6.07, 6.45) is 1.05. The summed E-state index contributed by atoms with van der Waals surface area (Å²) in [6, 6.07) is 13.3. The van der Waals surface area contributed by atoms with E-state index >= 15 is 0 Å². The summed E-state index contributed by atoms with van der Waals surface area (Å²) in [5.41, 5.74) is 0.285. The zero-order valence-electron chi connectivity index (χ0n) is 14.9. The van der Waals surface area contributed by atoms with Crippen molar-refractivity contribution in [3.63, 3.8) is 0 Å². The van der Waals surface area contributed by atoms with Crippen LogP contribution in [0.4, 0.5) is 5.69 Å². The Morgan fingerprint density at radius 2 is 1.81 bits per heavy atom. The Balaban J connectivity index is 2.03. The monoisotopic (exact) mass is 446 g/mol. The van der Waals surface area contributed by atoms with Crippen LogP contribution in [0.3, 0.4) is 0 Å². The standard InChI is InChI=1S/C18H20Cl2N2O3S2/c1-13(18(23)21-10-11-26-15-6-4-3-5-7-15)22(27(2,24)25)14-8-9-16(19)17(20)12-14/h3-9,12-13H,10-11H2,1-2H3,(H,21,23)/t13-/m1/s1. The maximum atomic E-state index is 12.5. The molecule has 0 fully saturated rings. The third kappa shape index (κ3) is 6.31. The van der Waals surface area contributed by atoms with Crippen molar-refractivity contribution < 1.29 is 13.2 Å². The first-order valence-corrected chi connectivity index (χ1v) is 11.7. The average Bonchev–Trinajstić information content (AvgIpc) is 2.61. The van der Waals surface area contributed by atoms with E-state index in [0.29, 0.717) is 17.3 Å². The fourth-order valence-electron chi connectivity index (χ4n) is 2.44. The van der Waals surface area contributed by atoms with Crippen LogP contribution >= 0.6 is 35.0 Å². The van der Waals surface area contributed by atoms with Gasteiger partial charge in [-0.3, -0.25) is 9.10 Å². The first kappa shape index (κ1) is 21.9. The highest BCUT2D eigenvalue weighted by Crippen LogP contribution is 2.29. The average molecular weight is 447 g/mol. The molecule has 0 saturated heterocycles. The van der Waals surface area contributed by atoms with E-state index in [1.54, 1.807) is 11.8 Å². The van der Waals surface area contributed by atoms with Crippen LogP contribution in [-0.2, 0) is 14.8 Å². The molecule has 0 spiro atoms. The van der Waals surface area contributed by atoms with Gasteiger partial charge in [0.05, 0.1) is 22.0 Å². The van der Waals surface area contributed by atoms with Crippen LogP contribution in [0.5, 0.6) is 0 Å². The van der Waals surface area contributed by atoms with Crippen LogP contribution in [0.25, 0.3) is 0 Å². The zero-order chi connectivity index (χ0) is 20.0. The zero-order valence-corrected chi connectivity index (χ0v) is 18.0. The summed E-state index contributed by atoms with van der Waals surface area (Å²) in [6.45, 7) is 1.95. The van der Waals surface area contributed by atoms with Crippen molar-refractivity contribution in [3.8, 4) is 0 Å². The van der Waals surface area contributed by atoms with Gasteiger partial charge in [-0.2, -0.15) is 0 Å². The van der Waals surface area contributed by atoms with E-state index in [1.807, 2.05) is 30.3 Å². The second-order valence-electron chi connectivity index (χ2n) is 5.79. The highest BCUT2D eigenvalue weighted by molar-refractivity contribution is 7.99. The molecule has 0 aliphatic heterocycles. The summed E-state index contributed by atoms with van der Waals surface area (Å²) in [5, 5.41) is 3.30. The van der Waals surface area contributed by atoms with Crippen molar-refractivity contribution in [3.05, 3.63) is 58.6 Å². The maximum absolute atomic E-state index is 12.5. The summed E-state index contributed by atoms with van der Waals surface area (Å²) in [7, 11) is -3.70. The summed E-state index contributed by atoms with van der Waals surface area (Å²) >= 11 is 13.5. The number of hydrogen-bond acceptors (Lipinski definition) is 4. The summed E-state index contributed by atoms with van der Waals surface area (Å²) < 4.78 is 25.5. The van der Waals surface area contributed by atoms with Crippen molar-refractivity contribution >= 4 is 56.6 Å². The Hall–Kier alpha value is -1.41. The Bertz CT molecular complexity index is 893. The van der Waals surface area contributed by atoms with Crippen molar-refractivity contribution in [2.24, 2.45) is 0 Å². The largest absolute Gasteiger partial charge is 0.353 e. The number of anilines is 1. The molecule has 5 nitrogen and oxygen atoms in total. The number of nitrogens with zero attached hydrogens (tertiary/aromatic N) is 1. The Kier molecular flexibility index (Phi) is 7.85. The molecule has 2 aromatic rings. The molecule has 0 saturated carbocycles. The molecule has 1 amide bonds. The summed E-state index contributed by atoms with van der Waals surface area (Å²) in [5.74, 6) is 0.286. The number of rotatable bonds is 8. The van der Waals surface area contributed by atoms with Gasteiger partial charge in [0, 0.05) is 17.2 Å². The second kappa shape index (κ2) is 9.68. The Morgan fingerprint density at radius 1 is 1.15 bits per heavy atom. The molecular weight excluding hydrogens is 427 g/mol. The molecule has 0 aliphatic rings. The van der Waals surface area contributed by atoms with Gasteiger partial charge in [0.2, 0.25) is 15.9 Å². The van der Waals surface area contributed by atoms with Gasteiger partial charge >= 0.3 is 0 Å². The van der Waals surface area contributed by atoms with E-state index in [9.17, 15) is 13.2 Å². The topological polar surface area (TPSA) is 66.5 Å². The van der Waals surface area contributed by atoms with Crippen molar-refractivity contribution in [2.75, 3.05) is 22.9 Å². The third-order valence-electron chi connectivity index (χ3n) is 3.66. The Morgan fingerprint density at radius 3 is 2.41 bits per heavy atom. The molecule has 1 N–H and O–H groups in total. The van der Waals surface area contributed by atoms with Gasteiger partial charge in [-0.05, 0) is 37.3 Å². The lowest BCUT2D eigenvalue weighted by molar-refractivity contribution is -0.121. The number of carbonyl (C=O) groups is 1. The van der Waals surface area contributed by atoms with Gasteiger partial charge in [0.25, 0.3) is 0 Å². The van der Waals surface area contributed by atoms with Crippen LogP contribution in [0, 0.1) is 0 Å². The van der Waals surface area contributed by atoms with Crippen molar-refractivity contribution in [1.29, 1.82) is 0 Å². The molecule has 27 heavy (non-hydrogen) atoms. The highest BCUT2D eigenvalue weighted by atomic mass is 35.5. The molecule has 0 radical (unpaired) electrons. The number of amides is 1. The van der Waals surface area contributed by atoms with E-state index in [4.69, 9.17) is 23.2 Å². The lowest BCUT2D eigenvalue weighted by Crippen LogP contribution is -2.48. The first-order chi connectivity index (χ1) is 12.7. The molecule has 1 atom stereocenters. The van der Waals surface area contributed by atoms with Gasteiger partial charge in [-0.25, -0.2) is 8.42 Å². The minimum atomic E-state index is -3.70.